The Morgan fingerprint density at radius 2 is 1.62 bits per heavy atom. The summed E-state index contributed by atoms with van der Waals surface area (Å²) in [6.45, 7) is 3.55. The molecule has 0 aromatic heterocycles. The van der Waals surface area contributed by atoms with Crippen LogP contribution >= 0.6 is 15.9 Å². The number of alkyl halides is 1. The fourth-order valence-electron chi connectivity index (χ4n) is 2.96. The highest BCUT2D eigenvalue weighted by atomic mass is 79.9. The molecule has 0 amide bonds. The molecule has 0 saturated heterocycles. The molecule has 4 heteroatoms. The van der Waals surface area contributed by atoms with Crippen molar-refractivity contribution in [3.05, 3.63) is 35.4 Å². The maximum atomic E-state index is 12.0. The molecule has 0 N–H and O–H groups in total. The molecule has 1 aliphatic rings. The van der Waals surface area contributed by atoms with Gasteiger partial charge in [-0.3, -0.25) is 0 Å². The SMILES string of the molecule is CC(C)(C(Br)c1ccc(C2CCCCC2)cc1)S(C)(=O)=O. The smallest absolute Gasteiger partial charge is 0.154 e. The van der Waals surface area contributed by atoms with Crippen LogP contribution in [0, 0.1) is 0 Å². The average Bonchev–Trinajstić information content (AvgIpc) is 2.46. The van der Waals surface area contributed by atoms with Crippen molar-refractivity contribution < 1.29 is 8.42 Å². The lowest BCUT2D eigenvalue weighted by Crippen LogP contribution is -2.35. The molecule has 0 heterocycles. The minimum atomic E-state index is -3.13. The van der Waals surface area contributed by atoms with Crippen molar-refractivity contribution in [2.45, 2.75) is 61.4 Å². The van der Waals surface area contributed by atoms with Crippen LogP contribution in [0.15, 0.2) is 24.3 Å². The third-order valence-electron chi connectivity index (χ3n) is 4.87. The van der Waals surface area contributed by atoms with Gasteiger partial charge in [-0.2, -0.15) is 0 Å². The van der Waals surface area contributed by atoms with Gasteiger partial charge in [0.1, 0.15) is 0 Å². The lowest BCUT2D eigenvalue weighted by molar-refractivity contribution is 0.443. The summed E-state index contributed by atoms with van der Waals surface area (Å²) >= 11 is 3.58. The Morgan fingerprint density at radius 3 is 2.10 bits per heavy atom. The molecule has 0 spiro atoms. The van der Waals surface area contributed by atoms with E-state index in [1.165, 1.54) is 43.9 Å². The first-order valence-electron chi connectivity index (χ1n) is 7.67. The fourth-order valence-corrected chi connectivity index (χ4v) is 4.80. The van der Waals surface area contributed by atoms with E-state index in [1.807, 2.05) is 0 Å². The van der Waals surface area contributed by atoms with Crippen LogP contribution in [-0.2, 0) is 9.84 Å². The van der Waals surface area contributed by atoms with Gasteiger partial charge in [-0.1, -0.05) is 59.5 Å². The Morgan fingerprint density at radius 1 is 1.10 bits per heavy atom. The van der Waals surface area contributed by atoms with Crippen LogP contribution in [0.3, 0.4) is 0 Å². The standard InChI is InChI=1S/C17H25BrO2S/c1-17(2,21(3,19)20)16(18)15-11-9-14(10-12-15)13-7-5-4-6-8-13/h9-13,16H,4-8H2,1-3H3. The minimum absolute atomic E-state index is 0.194. The number of hydrogen-bond donors (Lipinski definition) is 0. The average molecular weight is 373 g/mol. The summed E-state index contributed by atoms with van der Waals surface area (Å²) in [4.78, 5) is -0.194. The second kappa shape index (κ2) is 6.41. The molecule has 118 valence electrons. The van der Waals surface area contributed by atoms with E-state index in [-0.39, 0.29) is 4.83 Å². The molecule has 1 unspecified atom stereocenters. The fraction of sp³-hybridized carbons (Fsp3) is 0.647. The second-order valence-corrected chi connectivity index (χ2v) is 10.3. The third-order valence-corrected chi connectivity index (χ3v) is 9.00. The molecular formula is C17H25BrO2S. The lowest BCUT2D eigenvalue weighted by atomic mass is 9.83. The zero-order valence-corrected chi connectivity index (χ0v) is 15.5. The first kappa shape index (κ1) is 17.0. The Kier molecular flexibility index (Phi) is 5.19. The van der Waals surface area contributed by atoms with Gasteiger partial charge in [-0.05, 0) is 43.7 Å². The Balaban J connectivity index is 2.18. The Hall–Kier alpha value is -0.350. The van der Waals surface area contributed by atoms with Crippen molar-refractivity contribution in [1.29, 1.82) is 0 Å². The van der Waals surface area contributed by atoms with Crippen molar-refractivity contribution >= 4 is 25.8 Å². The van der Waals surface area contributed by atoms with E-state index in [4.69, 9.17) is 0 Å². The van der Waals surface area contributed by atoms with E-state index >= 15 is 0 Å². The van der Waals surface area contributed by atoms with Crippen molar-refractivity contribution in [1.82, 2.24) is 0 Å². The van der Waals surface area contributed by atoms with Crippen LogP contribution in [0.4, 0.5) is 0 Å². The number of sulfone groups is 1. The Bertz CT molecular complexity index is 569. The molecule has 0 bridgehead atoms. The maximum absolute atomic E-state index is 12.0. The summed E-state index contributed by atoms with van der Waals surface area (Å²) in [5.74, 6) is 0.685. The highest BCUT2D eigenvalue weighted by Crippen LogP contribution is 2.40. The molecule has 0 aliphatic heterocycles. The van der Waals surface area contributed by atoms with E-state index in [1.54, 1.807) is 13.8 Å². The van der Waals surface area contributed by atoms with Crippen LogP contribution in [0.5, 0.6) is 0 Å². The zero-order valence-electron chi connectivity index (χ0n) is 13.1. The van der Waals surface area contributed by atoms with Gasteiger partial charge in [0.05, 0.1) is 9.57 Å². The molecule has 1 aromatic rings. The first-order chi connectivity index (χ1) is 9.73. The predicted octanol–water partition coefficient (Wildman–Crippen LogP) is 4.99. The van der Waals surface area contributed by atoms with Crippen LogP contribution in [-0.4, -0.2) is 19.4 Å². The van der Waals surface area contributed by atoms with Gasteiger partial charge in [-0.25, -0.2) is 8.42 Å². The van der Waals surface area contributed by atoms with Gasteiger partial charge in [0, 0.05) is 6.26 Å². The van der Waals surface area contributed by atoms with Crippen molar-refractivity contribution in [2.24, 2.45) is 0 Å². The summed E-state index contributed by atoms with van der Waals surface area (Å²) in [5.41, 5.74) is 2.43. The van der Waals surface area contributed by atoms with Gasteiger partial charge in [-0.15, -0.1) is 0 Å². The normalized spacial score (nSPS) is 19.4. The number of rotatable bonds is 4. The second-order valence-electron chi connectivity index (χ2n) is 6.74. The first-order valence-corrected chi connectivity index (χ1v) is 10.5. The summed E-state index contributed by atoms with van der Waals surface area (Å²) in [7, 11) is -3.13. The quantitative estimate of drug-likeness (QED) is 0.697. The molecule has 2 nitrogen and oxygen atoms in total. The molecule has 1 aliphatic carbocycles. The van der Waals surface area contributed by atoms with Gasteiger partial charge in [0.25, 0.3) is 0 Å². The van der Waals surface area contributed by atoms with Crippen LogP contribution in [0.1, 0.15) is 67.8 Å². The Labute approximate surface area is 137 Å². The van der Waals surface area contributed by atoms with Crippen LogP contribution in [0.25, 0.3) is 0 Å². The number of halogens is 1. The van der Waals surface area contributed by atoms with Gasteiger partial charge in [0.15, 0.2) is 9.84 Å². The molecule has 1 aromatic carbocycles. The predicted molar refractivity (Wildman–Crippen MR) is 92.9 cm³/mol. The molecule has 0 radical (unpaired) electrons. The number of hydrogen-bond acceptors (Lipinski definition) is 2. The van der Waals surface area contributed by atoms with E-state index in [0.29, 0.717) is 5.92 Å². The topological polar surface area (TPSA) is 34.1 Å². The molecule has 1 saturated carbocycles. The summed E-state index contributed by atoms with van der Waals surface area (Å²) in [6.07, 6.45) is 7.89. The van der Waals surface area contributed by atoms with E-state index in [2.05, 4.69) is 40.2 Å². The van der Waals surface area contributed by atoms with E-state index in [9.17, 15) is 8.42 Å². The van der Waals surface area contributed by atoms with Crippen LogP contribution in [0.2, 0.25) is 0 Å². The maximum Gasteiger partial charge on any atom is 0.154 e. The van der Waals surface area contributed by atoms with Crippen molar-refractivity contribution in [2.75, 3.05) is 6.26 Å². The minimum Gasteiger partial charge on any atom is -0.229 e. The van der Waals surface area contributed by atoms with Crippen molar-refractivity contribution in [3.8, 4) is 0 Å². The lowest BCUT2D eigenvalue weighted by Gasteiger charge is -2.29. The molecular weight excluding hydrogens is 348 g/mol. The van der Waals surface area contributed by atoms with Crippen LogP contribution < -0.4 is 0 Å². The molecule has 2 rings (SSSR count). The van der Waals surface area contributed by atoms with Gasteiger partial charge < -0.3 is 0 Å². The zero-order chi connectivity index (χ0) is 15.7. The molecule has 1 atom stereocenters. The van der Waals surface area contributed by atoms with Gasteiger partial charge in [0.2, 0.25) is 0 Å². The summed E-state index contributed by atoms with van der Waals surface area (Å²) in [5, 5.41) is 0. The highest BCUT2D eigenvalue weighted by molar-refractivity contribution is 9.09. The third kappa shape index (κ3) is 3.70. The van der Waals surface area contributed by atoms with Crippen molar-refractivity contribution in [3.63, 3.8) is 0 Å². The van der Waals surface area contributed by atoms with E-state index in [0.717, 1.165) is 5.56 Å². The highest BCUT2D eigenvalue weighted by Gasteiger charge is 2.38. The largest absolute Gasteiger partial charge is 0.229 e. The van der Waals surface area contributed by atoms with Gasteiger partial charge >= 0.3 is 0 Å². The molecule has 1 fully saturated rings. The summed E-state index contributed by atoms with van der Waals surface area (Å²) < 4.78 is 23.1. The summed E-state index contributed by atoms with van der Waals surface area (Å²) in [6, 6.07) is 8.52. The van der Waals surface area contributed by atoms with E-state index < -0.39 is 14.6 Å². The number of benzene rings is 1. The molecule has 21 heavy (non-hydrogen) atoms. The monoisotopic (exact) mass is 372 g/mol.